The predicted molar refractivity (Wildman–Crippen MR) is 231 cm³/mol. The van der Waals surface area contributed by atoms with Gasteiger partial charge in [0.15, 0.2) is 5.84 Å². The zero-order valence-corrected chi connectivity index (χ0v) is 30.3. The smallest absolute Gasteiger partial charge is 0.159 e. The van der Waals surface area contributed by atoms with E-state index in [4.69, 9.17) is 4.99 Å². The summed E-state index contributed by atoms with van der Waals surface area (Å²) in [4.78, 5) is 10.0. The minimum Gasteiger partial charge on any atom is -0.309 e. The van der Waals surface area contributed by atoms with E-state index < -0.39 is 5.41 Å². The van der Waals surface area contributed by atoms with Crippen LogP contribution in [0.1, 0.15) is 33.4 Å². The van der Waals surface area contributed by atoms with Gasteiger partial charge in [-0.3, -0.25) is 0 Å². The highest BCUT2D eigenvalue weighted by molar-refractivity contribution is 6.09. The van der Waals surface area contributed by atoms with Crippen molar-refractivity contribution in [3.63, 3.8) is 0 Å². The second kappa shape index (κ2) is 13.4. The number of aromatic nitrogens is 1. The molecule has 0 aliphatic heterocycles. The summed E-state index contributed by atoms with van der Waals surface area (Å²) < 4.78 is 2.39. The number of nitrogens with zero attached hydrogens (tertiary/aromatic N) is 3. The third-order valence-corrected chi connectivity index (χ3v) is 11.3. The Morgan fingerprint density at radius 3 is 1.78 bits per heavy atom. The Balaban J connectivity index is 1.27. The number of amidine groups is 1. The molecule has 0 saturated heterocycles. The number of hydrogen-bond acceptors (Lipinski definition) is 1. The van der Waals surface area contributed by atoms with E-state index in [9.17, 15) is 0 Å². The molecule has 1 aliphatic rings. The molecule has 0 N–H and O–H groups in total. The van der Waals surface area contributed by atoms with Crippen molar-refractivity contribution in [3.8, 4) is 5.69 Å². The first-order chi connectivity index (χ1) is 27.3. The van der Waals surface area contributed by atoms with Crippen LogP contribution in [0.2, 0.25) is 0 Å². The molecule has 3 heteroatoms. The Morgan fingerprint density at radius 1 is 0.509 bits per heavy atom. The Hall–Kier alpha value is -7.10. The molecule has 0 amide bonds. The lowest BCUT2D eigenvalue weighted by molar-refractivity contribution is 0.720. The molecule has 1 aromatic heterocycles. The quantitative estimate of drug-likeness (QED) is 0.117. The average Bonchev–Trinajstić information content (AvgIpc) is 3.74. The third-order valence-electron chi connectivity index (χ3n) is 11.3. The number of aliphatic imine (C=N–C) groups is 2. The average molecular weight is 704 g/mol. The van der Waals surface area contributed by atoms with Gasteiger partial charge in [-0.15, -0.1) is 0 Å². The van der Waals surface area contributed by atoms with E-state index in [0.717, 1.165) is 22.5 Å². The Morgan fingerprint density at radius 2 is 1.07 bits per heavy atom. The Labute approximate surface area is 320 Å². The van der Waals surface area contributed by atoms with Crippen molar-refractivity contribution in [2.45, 2.75) is 11.8 Å². The standard InChI is InChI=1S/C52H37N3/c1-53-51(37-18-4-2-5-19-37)54-50-45-27-10-13-28-46(45)52(39-22-6-3-7-23-39,47(50)35-38-21-16-20-36-17-8-9-24-42(36)38)40-31-33-41(34-32-40)55-48-29-14-11-25-43(48)44-26-12-15-30-49(44)55/h2-34H,1,35H2. The molecule has 10 rings (SSSR count). The van der Waals surface area contributed by atoms with Gasteiger partial charge in [0.2, 0.25) is 0 Å². The number of hydrogen-bond donors (Lipinski definition) is 0. The van der Waals surface area contributed by atoms with Gasteiger partial charge in [0, 0.05) is 27.6 Å². The van der Waals surface area contributed by atoms with E-state index in [0.29, 0.717) is 12.3 Å². The summed E-state index contributed by atoms with van der Waals surface area (Å²) in [6.07, 6.45) is 0.678. The van der Waals surface area contributed by atoms with Gasteiger partial charge in [0.25, 0.3) is 0 Å². The van der Waals surface area contributed by atoms with Crippen LogP contribution in [0.5, 0.6) is 0 Å². The summed E-state index contributed by atoms with van der Waals surface area (Å²) in [5.41, 5.74) is 11.9. The van der Waals surface area contributed by atoms with Gasteiger partial charge >= 0.3 is 0 Å². The SMILES string of the molecule is C=NC(=NC1=C(Cc2cccc3ccccc23)C(c2ccccc2)(c2ccc(-n3c4ccccc4c4ccccc43)cc2)c2ccccc21)c1ccccc1. The van der Waals surface area contributed by atoms with E-state index in [1.807, 2.05) is 18.2 Å². The van der Waals surface area contributed by atoms with E-state index in [2.05, 4.69) is 198 Å². The van der Waals surface area contributed by atoms with Crippen molar-refractivity contribution in [1.82, 2.24) is 4.57 Å². The largest absolute Gasteiger partial charge is 0.309 e. The molecule has 9 aromatic rings. The fourth-order valence-electron chi connectivity index (χ4n) is 8.96. The Bertz CT molecular complexity index is 2890. The third kappa shape index (κ3) is 5.20. The lowest BCUT2D eigenvalue weighted by Crippen LogP contribution is -2.31. The monoisotopic (exact) mass is 703 g/mol. The highest BCUT2D eigenvalue weighted by atomic mass is 15.0. The first-order valence-corrected chi connectivity index (χ1v) is 18.8. The van der Waals surface area contributed by atoms with Gasteiger partial charge in [-0.25, -0.2) is 9.98 Å². The molecule has 1 heterocycles. The van der Waals surface area contributed by atoms with Gasteiger partial charge in [-0.05, 0) is 76.0 Å². The van der Waals surface area contributed by atoms with Crippen molar-refractivity contribution in [1.29, 1.82) is 0 Å². The zero-order valence-electron chi connectivity index (χ0n) is 30.3. The summed E-state index contributed by atoms with van der Waals surface area (Å²) in [6.45, 7) is 4.01. The highest BCUT2D eigenvalue weighted by Crippen LogP contribution is 2.56. The van der Waals surface area contributed by atoms with E-state index in [1.165, 1.54) is 60.4 Å². The maximum absolute atomic E-state index is 5.50. The minimum absolute atomic E-state index is 0.603. The van der Waals surface area contributed by atoms with Crippen LogP contribution in [0.15, 0.2) is 216 Å². The maximum Gasteiger partial charge on any atom is 0.159 e. The summed E-state index contributed by atoms with van der Waals surface area (Å²) in [7, 11) is 0. The molecule has 0 saturated carbocycles. The fraction of sp³-hybridized carbons (Fsp3) is 0.0385. The predicted octanol–water partition coefficient (Wildman–Crippen LogP) is 12.4. The summed E-state index contributed by atoms with van der Waals surface area (Å²) in [5, 5.41) is 4.96. The lowest BCUT2D eigenvalue weighted by Gasteiger charge is -2.36. The van der Waals surface area contributed by atoms with Crippen LogP contribution >= 0.6 is 0 Å². The van der Waals surface area contributed by atoms with Gasteiger partial charge in [-0.2, -0.15) is 0 Å². The second-order valence-corrected chi connectivity index (χ2v) is 14.2. The number of benzene rings is 8. The minimum atomic E-state index is -0.657. The van der Waals surface area contributed by atoms with Crippen LogP contribution < -0.4 is 0 Å². The van der Waals surface area contributed by atoms with E-state index in [-0.39, 0.29) is 0 Å². The number of allylic oxidation sites excluding steroid dienone is 1. The molecule has 0 spiro atoms. The van der Waals surface area contributed by atoms with Crippen LogP contribution in [0, 0.1) is 0 Å². The fourth-order valence-corrected chi connectivity index (χ4v) is 8.96. The molecule has 0 fully saturated rings. The number of para-hydroxylation sites is 2. The second-order valence-electron chi connectivity index (χ2n) is 14.2. The zero-order chi connectivity index (χ0) is 36.8. The molecule has 55 heavy (non-hydrogen) atoms. The van der Waals surface area contributed by atoms with Gasteiger partial charge in [0.1, 0.15) is 0 Å². The molecule has 3 nitrogen and oxygen atoms in total. The first kappa shape index (κ1) is 32.5. The summed E-state index contributed by atoms with van der Waals surface area (Å²) in [6, 6.07) is 71.9. The molecular weight excluding hydrogens is 667 g/mol. The first-order valence-electron chi connectivity index (χ1n) is 18.8. The normalized spacial score (nSPS) is 15.5. The van der Waals surface area contributed by atoms with Crippen LogP contribution in [0.3, 0.4) is 0 Å². The van der Waals surface area contributed by atoms with Crippen LogP contribution in [0.25, 0.3) is 44.0 Å². The van der Waals surface area contributed by atoms with Crippen molar-refractivity contribution >= 4 is 50.8 Å². The van der Waals surface area contributed by atoms with E-state index in [1.54, 1.807) is 0 Å². The van der Waals surface area contributed by atoms with Crippen molar-refractivity contribution in [3.05, 3.63) is 239 Å². The summed E-state index contributed by atoms with van der Waals surface area (Å²) >= 11 is 0. The number of fused-ring (bicyclic) bond motifs is 5. The maximum atomic E-state index is 5.50. The van der Waals surface area contributed by atoms with E-state index >= 15 is 0 Å². The molecule has 1 aliphatic carbocycles. The van der Waals surface area contributed by atoms with Crippen LogP contribution in [0.4, 0.5) is 0 Å². The van der Waals surface area contributed by atoms with Gasteiger partial charge < -0.3 is 4.57 Å². The lowest BCUT2D eigenvalue weighted by atomic mass is 9.65. The van der Waals surface area contributed by atoms with Crippen LogP contribution in [-0.2, 0) is 11.8 Å². The molecular formula is C52H37N3. The molecule has 1 unspecified atom stereocenters. The van der Waals surface area contributed by atoms with Crippen molar-refractivity contribution in [2.24, 2.45) is 9.98 Å². The molecule has 0 radical (unpaired) electrons. The number of rotatable bonds is 7. The van der Waals surface area contributed by atoms with Gasteiger partial charge in [0.05, 0.1) is 22.1 Å². The van der Waals surface area contributed by atoms with Crippen LogP contribution in [-0.4, -0.2) is 17.1 Å². The van der Waals surface area contributed by atoms with Gasteiger partial charge in [-0.1, -0.05) is 176 Å². The van der Waals surface area contributed by atoms with Crippen molar-refractivity contribution in [2.75, 3.05) is 0 Å². The molecule has 1 atom stereocenters. The summed E-state index contributed by atoms with van der Waals surface area (Å²) in [5.74, 6) is 0.603. The van der Waals surface area contributed by atoms with Crippen molar-refractivity contribution < 1.29 is 0 Å². The highest BCUT2D eigenvalue weighted by Gasteiger charge is 2.48. The molecule has 8 aromatic carbocycles. The topological polar surface area (TPSA) is 29.6 Å². The Kier molecular flexibility index (Phi) is 7.92. The molecule has 260 valence electrons. The molecule has 0 bridgehead atoms.